The number of hydrogen-bond donors (Lipinski definition) is 0. The third-order valence-corrected chi connectivity index (χ3v) is 4.44. The molecule has 2 heterocycles. The molecule has 1 aliphatic carbocycles. The zero-order valence-corrected chi connectivity index (χ0v) is 12.9. The number of piperidine rings is 2. The highest BCUT2D eigenvalue weighted by Gasteiger charge is 2.22. The van der Waals surface area contributed by atoms with E-state index in [1.54, 1.807) is 0 Å². The standard InChI is InChI=1S/C16H26N4O/c21-16-12-14(17-19-7-3-1-4-8-19)11-15(13-16)18-20-9-5-2-6-10-20/h1-13H2/b17-14-,18-15+. The van der Waals surface area contributed by atoms with Crippen LogP contribution >= 0.6 is 0 Å². The highest BCUT2D eigenvalue weighted by atomic mass is 16.1. The quantitative estimate of drug-likeness (QED) is 0.784. The van der Waals surface area contributed by atoms with E-state index in [1.165, 1.54) is 38.5 Å². The third kappa shape index (κ3) is 4.29. The summed E-state index contributed by atoms with van der Waals surface area (Å²) >= 11 is 0. The summed E-state index contributed by atoms with van der Waals surface area (Å²) in [5.41, 5.74) is 2.04. The first-order chi connectivity index (χ1) is 10.3. The predicted molar refractivity (Wildman–Crippen MR) is 84.6 cm³/mol. The van der Waals surface area contributed by atoms with E-state index in [9.17, 15) is 4.79 Å². The van der Waals surface area contributed by atoms with Crippen LogP contribution in [0.1, 0.15) is 57.8 Å². The minimum Gasteiger partial charge on any atom is -0.299 e. The average molecular weight is 290 g/mol. The molecule has 0 atom stereocenters. The Hall–Kier alpha value is -1.39. The van der Waals surface area contributed by atoms with Crippen LogP contribution in [0, 0.1) is 0 Å². The van der Waals surface area contributed by atoms with E-state index < -0.39 is 0 Å². The minimum atomic E-state index is 0.271. The minimum absolute atomic E-state index is 0.271. The SMILES string of the molecule is O=C1C/C(=N\N2CCCCC2)C/C(=N\N2CCCCC2)C1. The normalized spacial score (nSPS) is 28.5. The van der Waals surface area contributed by atoms with Gasteiger partial charge in [0.2, 0.25) is 0 Å². The summed E-state index contributed by atoms with van der Waals surface area (Å²) in [6, 6.07) is 0. The van der Waals surface area contributed by atoms with E-state index in [4.69, 9.17) is 10.2 Å². The maximum Gasteiger partial charge on any atom is 0.144 e. The molecule has 0 aromatic rings. The fourth-order valence-electron chi connectivity index (χ4n) is 3.37. The fraction of sp³-hybridized carbons (Fsp3) is 0.812. The zero-order valence-electron chi connectivity index (χ0n) is 12.9. The van der Waals surface area contributed by atoms with Gasteiger partial charge in [0.15, 0.2) is 0 Å². The molecule has 0 spiro atoms. The number of carbonyl (C=O) groups excluding carboxylic acids is 1. The zero-order chi connectivity index (χ0) is 14.5. The number of ketones is 1. The van der Waals surface area contributed by atoms with Crippen LogP contribution in [0.2, 0.25) is 0 Å². The largest absolute Gasteiger partial charge is 0.299 e. The molecule has 0 aromatic heterocycles. The predicted octanol–water partition coefficient (Wildman–Crippen LogP) is 2.42. The first-order valence-corrected chi connectivity index (χ1v) is 8.44. The van der Waals surface area contributed by atoms with Gasteiger partial charge in [-0.05, 0) is 38.5 Å². The van der Waals surface area contributed by atoms with E-state index in [1.807, 2.05) is 0 Å². The summed E-state index contributed by atoms with van der Waals surface area (Å²) in [6.45, 7) is 4.15. The maximum absolute atomic E-state index is 12.0. The van der Waals surface area contributed by atoms with Crippen molar-refractivity contribution in [2.24, 2.45) is 10.2 Å². The number of rotatable bonds is 2. The van der Waals surface area contributed by atoms with Crippen molar-refractivity contribution in [3.05, 3.63) is 0 Å². The fourth-order valence-corrected chi connectivity index (χ4v) is 3.37. The maximum atomic E-state index is 12.0. The van der Waals surface area contributed by atoms with Crippen LogP contribution < -0.4 is 0 Å². The van der Waals surface area contributed by atoms with Crippen LogP contribution in [0.25, 0.3) is 0 Å². The second-order valence-corrected chi connectivity index (χ2v) is 6.43. The van der Waals surface area contributed by atoms with E-state index in [0.717, 1.165) is 44.0 Å². The van der Waals surface area contributed by atoms with Gasteiger partial charge in [-0.15, -0.1) is 0 Å². The van der Waals surface area contributed by atoms with Crippen LogP contribution in [0.3, 0.4) is 0 Å². The number of hydrazone groups is 2. The summed E-state index contributed by atoms with van der Waals surface area (Å²) in [4.78, 5) is 12.0. The molecule has 0 N–H and O–H groups in total. The third-order valence-electron chi connectivity index (χ3n) is 4.44. The molecule has 0 amide bonds. The number of nitrogens with zero attached hydrogens (tertiary/aromatic N) is 4. The monoisotopic (exact) mass is 290 g/mol. The van der Waals surface area contributed by atoms with Gasteiger partial charge in [0.05, 0.1) is 11.4 Å². The van der Waals surface area contributed by atoms with Gasteiger partial charge in [-0.1, -0.05) is 0 Å². The molecule has 21 heavy (non-hydrogen) atoms. The molecule has 0 unspecified atom stereocenters. The van der Waals surface area contributed by atoms with Crippen molar-refractivity contribution >= 4 is 17.2 Å². The summed E-state index contributed by atoms with van der Waals surface area (Å²) in [5, 5.41) is 13.7. The van der Waals surface area contributed by atoms with Crippen molar-refractivity contribution in [2.75, 3.05) is 26.2 Å². The molecule has 3 aliphatic rings. The van der Waals surface area contributed by atoms with Crippen LogP contribution in [0.15, 0.2) is 10.2 Å². The van der Waals surface area contributed by atoms with Gasteiger partial charge < -0.3 is 0 Å². The van der Waals surface area contributed by atoms with E-state index >= 15 is 0 Å². The molecule has 0 aromatic carbocycles. The number of carbonyl (C=O) groups is 1. The summed E-state index contributed by atoms with van der Waals surface area (Å²) in [5.74, 6) is 0.271. The van der Waals surface area contributed by atoms with Crippen molar-refractivity contribution < 1.29 is 4.79 Å². The molecular weight excluding hydrogens is 264 g/mol. The Morgan fingerprint density at radius 3 is 1.48 bits per heavy atom. The van der Waals surface area contributed by atoms with Crippen molar-refractivity contribution in [1.29, 1.82) is 0 Å². The summed E-state index contributed by atoms with van der Waals surface area (Å²) < 4.78 is 0. The lowest BCUT2D eigenvalue weighted by molar-refractivity contribution is -0.117. The van der Waals surface area contributed by atoms with Crippen LogP contribution in [0.4, 0.5) is 0 Å². The lowest BCUT2D eigenvalue weighted by Crippen LogP contribution is -2.32. The average Bonchev–Trinajstić information content (AvgIpc) is 2.48. The Morgan fingerprint density at radius 2 is 1.05 bits per heavy atom. The second kappa shape index (κ2) is 7.05. The van der Waals surface area contributed by atoms with Gasteiger partial charge in [-0.2, -0.15) is 10.2 Å². The molecule has 3 fully saturated rings. The Bertz CT molecular complexity index is 394. The van der Waals surface area contributed by atoms with E-state index in [-0.39, 0.29) is 5.78 Å². The van der Waals surface area contributed by atoms with Crippen molar-refractivity contribution in [2.45, 2.75) is 57.8 Å². The Kier molecular flexibility index (Phi) is 4.88. The van der Waals surface area contributed by atoms with Gasteiger partial charge in [0, 0.05) is 45.4 Å². The molecule has 1 saturated carbocycles. The Morgan fingerprint density at radius 1 is 0.619 bits per heavy atom. The van der Waals surface area contributed by atoms with E-state index in [0.29, 0.717) is 12.8 Å². The molecule has 2 saturated heterocycles. The molecule has 5 heteroatoms. The first kappa shape index (κ1) is 14.5. The highest BCUT2D eigenvalue weighted by Crippen LogP contribution is 2.16. The van der Waals surface area contributed by atoms with Gasteiger partial charge in [-0.25, -0.2) is 0 Å². The topological polar surface area (TPSA) is 48.3 Å². The van der Waals surface area contributed by atoms with Crippen LogP contribution in [-0.4, -0.2) is 53.4 Å². The van der Waals surface area contributed by atoms with Gasteiger partial charge >= 0.3 is 0 Å². The van der Waals surface area contributed by atoms with Crippen molar-refractivity contribution in [3.8, 4) is 0 Å². The van der Waals surface area contributed by atoms with Crippen molar-refractivity contribution in [1.82, 2.24) is 10.0 Å². The second-order valence-electron chi connectivity index (χ2n) is 6.43. The molecule has 0 bridgehead atoms. The number of hydrogen-bond acceptors (Lipinski definition) is 5. The lowest BCUT2D eigenvalue weighted by atomic mass is 9.95. The Balaban J connectivity index is 1.64. The summed E-state index contributed by atoms with van der Waals surface area (Å²) in [6.07, 6.45) is 9.34. The Labute approximate surface area is 127 Å². The molecular formula is C16H26N4O. The molecule has 3 rings (SSSR count). The molecule has 2 aliphatic heterocycles. The number of Topliss-reactive ketones (excluding diaryl/α,β-unsaturated/α-hetero) is 1. The summed E-state index contributed by atoms with van der Waals surface area (Å²) in [7, 11) is 0. The van der Waals surface area contributed by atoms with Crippen LogP contribution in [0.5, 0.6) is 0 Å². The van der Waals surface area contributed by atoms with Crippen molar-refractivity contribution in [3.63, 3.8) is 0 Å². The molecule has 5 nitrogen and oxygen atoms in total. The van der Waals surface area contributed by atoms with Gasteiger partial charge in [-0.3, -0.25) is 14.8 Å². The first-order valence-electron chi connectivity index (χ1n) is 8.44. The smallest absolute Gasteiger partial charge is 0.144 e. The van der Waals surface area contributed by atoms with Gasteiger partial charge in [0.1, 0.15) is 5.78 Å². The lowest BCUT2D eigenvalue weighted by Gasteiger charge is -2.28. The molecule has 0 radical (unpaired) electrons. The van der Waals surface area contributed by atoms with Crippen LogP contribution in [-0.2, 0) is 4.79 Å². The highest BCUT2D eigenvalue weighted by molar-refractivity contribution is 6.21. The van der Waals surface area contributed by atoms with Gasteiger partial charge in [0.25, 0.3) is 0 Å². The molecule has 116 valence electrons. The van der Waals surface area contributed by atoms with E-state index in [2.05, 4.69) is 10.0 Å².